The highest BCUT2D eigenvalue weighted by molar-refractivity contribution is 5.53. The van der Waals surface area contributed by atoms with Crippen LogP contribution in [0, 0.1) is 0 Å². The van der Waals surface area contributed by atoms with Gasteiger partial charge in [0.15, 0.2) is 0 Å². The van der Waals surface area contributed by atoms with Crippen LogP contribution in [0.2, 0.25) is 0 Å². The average molecular weight is 292 g/mol. The molecule has 5 heteroatoms. The van der Waals surface area contributed by atoms with Gasteiger partial charge in [-0.1, -0.05) is 6.08 Å². The molecule has 0 spiro atoms. The number of benzene rings is 1. The molecule has 21 heavy (non-hydrogen) atoms. The number of hydrogen-bond donors (Lipinski definition) is 1. The third-order valence-electron chi connectivity index (χ3n) is 3.82. The molecule has 0 aromatic heterocycles. The van der Waals surface area contributed by atoms with E-state index in [2.05, 4.69) is 16.8 Å². The Morgan fingerprint density at radius 3 is 2.10 bits per heavy atom. The lowest BCUT2D eigenvalue weighted by molar-refractivity contribution is 0.197. The number of rotatable bonds is 6. The van der Waals surface area contributed by atoms with Gasteiger partial charge in [0, 0.05) is 38.3 Å². The topological polar surface area (TPSA) is 43.0 Å². The molecule has 0 unspecified atom stereocenters. The number of nitrogens with one attached hydrogen (secondary N) is 1. The molecule has 2 rings (SSSR count). The predicted molar refractivity (Wildman–Crippen MR) is 83.5 cm³/mol. The van der Waals surface area contributed by atoms with Gasteiger partial charge in [0.25, 0.3) is 0 Å². The van der Waals surface area contributed by atoms with Crippen molar-refractivity contribution in [2.75, 3.05) is 47.5 Å². The smallest absolute Gasteiger partial charge is 0.131 e. The summed E-state index contributed by atoms with van der Waals surface area (Å²) in [4.78, 5) is 2.37. The van der Waals surface area contributed by atoms with Crippen LogP contribution in [0.3, 0.4) is 0 Å². The first kappa shape index (κ1) is 15.7. The fourth-order valence-electron chi connectivity index (χ4n) is 2.73. The minimum Gasteiger partial charge on any atom is -0.496 e. The van der Waals surface area contributed by atoms with E-state index in [4.69, 9.17) is 14.2 Å². The summed E-state index contributed by atoms with van der Waals surface area (Å²) >= 11 is 0. The Kier molecular flexibility index (Phi) is 5.47. The zero-order chi connectivity index (χ0) is 15.2. The fraction of sp³-hybridized carbons (Fsp3) is 0.500. The summed E-state index contributed by atoms with van der Waals surface area (Å²) in [6, 6.07) is 3.83. The van der Waals surface area contributed by atoms with Gasteiger partial charge in [-0.15, -0.1) is 6.58 Å². The third kappa shape index (κ3) is 3.31. The van der Waals surface area contributed by atoms with Crippen molar-refractivity contribution in [2.45, 2.75) is 6.04 Å². The summed E-state index contributed by atoms with van der Waals surface area (Å²) in [6.07, 6.45) is 1.94. The van der Waals surface area contributed by atoms with E-state index in [1.807, 2.05) is 18.2 Å². The van der Waals surface area contributed by atoms with Crippen molar-refractivity contribution in [3.63, 3.8) is 0 Å². The van der Waals surface area contributed by atoms with Gasteiger partial charge in [-0.2, -0.15) is 0 Å². The molecule has 1 heterocycles. The number of ether oxygens (including phenoxy) is 3. The van der Waals surface area contributed by atoms with E-state index >= 15 is 0 Å². The Morgan fingerprint density at radius 2 is 1.67 bits per heavy atom. The molecule has 1 aliphatic rings. The van der Waals surface area contributed by atoms with Crippen LogP contribution in [0.25, 0.3) is 0 Å². The number of piperazine rings is 1. The minimum absolute atomic E-state index is 0.0582. The zero-order valence-electron chi connectivity index (χ0n) is 13.0. The molecule has 1 atom stereocenters. The highest BCUT2D eigenvalue weighted by atomic mass is 16.5. The van der Waals surface area contributed by atoms with Crippen molar-refractivity contribution < 1.29 is 14.2 Å². The van der Waals surface area contributed by atoms with Crippen molar-refractivity contribution in [3.05, 3.63) is 30.4 Å². The summed E-state index contributed by atoms with van der Waals surface area (Å²) in [5.74, 6) is 2.24. The number of hydrogen-bond acceptors (Lipinski definition) is 5. The third-order valence-corrected chi connectivity index (χ3v) is 3.82. The van der Waals surface area contributed by atoms with Gasteiger partial charge in [-0.05, 0) is 0 Å². The Balaban J connectivity index is 2.45. The molecule has 1 aromatic rings. The van der Waals surface area contributed by atoms with Crippen LogP contribution in [-0.4, -0.2) is 52.4 Å². The van der Waals surface area contributed by atoms with Gasteiger partial charge >= 0.3 is 0 Å². The van der Waals surface area contributed by atoms with Crippen LogP contribution in [0.5, 0.6) is 17.2 Å². The highest BCUT2D eigenvalue weighted by Crippen LogP contribution is 2.41. The molecular weight excluding hydrogens is 268 g/mol. The normalized spacial score (nSPS) is 17.1. The fourth-order valence-corrected chi connectivity index (χ4v) is 2.73. The summed E-state index contributed by atoms with van der Waals surface area (Å²) in [5.41, 5.74) is 0.998. The van der Waals surface area contributed by atoms with Crippen molar-refractivity contribution in [1.82, 2.24) is 10.2 Å². The first-order valence-corrected chi connectivity index (χ1v) is 7.12. The summed E-state index contributed by atoms with van der Waals surface area (Å²) in [6.45, 7) is 7.89. The summed E-state index contributed by atoms with van der Waals surface area (Å²) < 4.78 is 16.4. The Morgan fingerprint density at radius 1 is 1.10 bits per heavy atom. The molecule has 0 aliphatic carbocycles. The first-order valence-electron chi connectivity index (χ1n) is 7.12. The van der Waals surface area contributed by atoms with E-state index in [1.54, 1.807) is 21.3 Å². The van der Waals surface area contributed by atoms with E-state index in [-0.39, 0.29) is 6.04 Å². The van der Waals surface area contributed by atoms with Crippen molar-refractivity contribution >= 4 is 0 Å². The quantitative estimate of drug-likeness (QED) is 0.811. The monoisotopic (exact) mass is 292 g/mol. The lowest BCUT2D eigenvalue weighted by atomic mass is 10.0. The second-order valence-corrected chi connectivity index (χ2v) is 4.91. The second-order valence-electron chi connectivity index (χ2n) is 4.91. The maximum absolute atomic E-state index is 5.55. The lowest BCUT2D eigenvalue weighted by Crippen LogP contribution is -2.44. The van der Waals surface area contributed by atoms with E-state index in [0.29, 0.717) is 0 Å². The molecule has 0 bridgehead atoms. The van der Waals surface area contributed by atoms with Gasteiger partial charge in [0.2, 0.25) is 0 Å². The largest absolute Gasteiger partial charge is 0.496 e. The maximum atomic E-state index is 5.55. The second kappa shape index (κ2) is 7.33. The van der Waals surface area contributed by atoms with Crippen LogP contribution in [-0.2, 0) is 0 Å². The van der Waals surface area contributed by atoms with Crippen LogP contribution >= 0.6 is 0 Å². The molecular formula is C16H24N2O3. The van der Waals surface area contributed by atoms with E-state index in [0.717, 1.165) is 49.0 Å². The van der Waals surface area contributed by atoms with Gasteiger partial charge < -0.3 is 19.5 Å². The van der Waals surface area contributed by atoms with Crippen molar-refractivity contribution in [1.29, 1.82) is 0 Å². The molecule has 0 saturated carbocycles. The summed E-state index contributed by atoms with van der Waals surface area (Å²) in [5, 5.41) is 3.36. The van der Waals surface area contributed by atoms with Crippen LogP contribution in [0.1, 0.15) is 11.6 Å². The molecule has 1 saturated heterocycles. The molecule has 0 radical (unpaired) electrons. The van der Waals surface area contributed by atoms with Gasteiger partial charge in [0.1, 0.15) is 17.2 Å². The Labute approximate surface area is 126 Å². The maximum Gasteiger partial charge on any atom is 0.131 e. The van der Waals surface area contributed by atoms with Crippen LogP contribution in [0.15, 0.2) is 24.8 Å². The van der Waals surface area contributed by atoms with E-state index < -0.39 is 0 Å². The molecule has 1 aromatic carbocycles. The van der Waals surface area contributed by atoms with Gasteiger partial charge in [-0.3, -0.25) is 4.90 Å². The Hall–Kier alpha value is -1.72. The first-order chi connectivity index (χ1) is 10.2. The van der Waals surface area contributed by atoms with Gasteiger partial charge in [-0.25, -0.2) is 0 Å². The van der Waals surface area contributed by atoms with Gasteiger partial charge in [0.05, 0.1) is 32.9 Å². The molecule has 116 valence electrons. The molecule has 1 aliphatic heterocycles. The average Bonchev–Trinajstić information content (AvgIpc) is 2.56. The molecule has 0 amide bonds. The zero-order valence-corrected chi connectivity index (χ0v) is 13.0. The predicted octanol–water partition coefficient (Wildman–Crippen LogP) is 1.84. The molecule has 1 N–H and O–H groups in total. The van der Waals surface area contributed by atoms with Crippen LogP contribution < -0.4 is 19.5 Å². The summed E-state index contributed by atoms with van der Waals surface area (Å²) in [7, 11) is 4.96. The van der Waals surface area contributed by atoms with E-state index in [1.165, 1.54) is 0 Å². The van der Waals surface area contributed by atoms with Crippen LogP contribution in [0.4, 0.5) is 0 Å². The Bertz CT molecular complexity index is 459. The number of methoxy groups -OCH3 is 3. The lowest BCUT2D eigenvalue weighted by Gasteiger charge is -2.34. The molecule has 5 nitrogen and oxygen atoms in total. The van der Waals surface area contributed by atoms with Crippen molar-refractivity contribution in [3.8, 4) is 17.2 Å². The SMILES string of the molecule is C=C[C@@H](c1c(OC)cc(OC)cc1OC)N1CCNCC1. The molecule has 1 fully saturated rings. The minimum atomic E-state index is 0.0582. The number of nitrogens with zero attached hydrogens (tertiary/aromatic N) is 1. The van der Waals surface area contributed by atoms with E-state index in [9.17, 15) is 0 Å². The standard InChI is InChI=1S/C16H24N2O3/c1-5-13(18-8-6-17-7-9-18)16-14(20-3)10-12(19-2)11-15(16)21-4/h5,10-11,13,17H,1,6-9H2,2-4H3/t13-/m0/s1. The highest BCUT2D eigenvalue weighted by Gasteiger charge is 2.26. The van der Waals surface area contributed by atoms with Crippen molar-refractivity contribution in [2.24, 2.45) is 0 Å².